The van der Waals surface area contributed by atoms with Gasteiger partial charge in [0.25, 0.3) is 0 Å². The van der Waals surface area contributed by atoms with Gasteiger partial charge in [0.2, 0.25) is 5.75 Å². The van der Waals surface area contributed by atoms with Crippen LogP contribution in [0.3, 0.4) is 0 Å². The predicted molar refractivity (Wildman–Crippen MR) is 77.2 cm³/mol. The van der Waals surface area contributed by atoms with Crippen LogP contribution in [-0.4, -0.2) is 4.92 Å². The van der Waals surface area contributed by atoms with Gasteiger partial charge < -0.3 is 10.5 Å². The van der Waals surface area contributed by atoms with Gasteiger partial charge in [-0.1, -0.05) is 29.8 Å². The first-order valence-electron chi connectivity index (χ1n) is 6.06. The summed E-state index contributed by atoms with van der Waals surface area (Å²) in [5.74, 6) is -1.04. The van der Waals surface area contributed by atoms with E-state index in [4.69, 9.17) is 22.1 Å². The number of para-hydroxylation sites is 2. The van der Waals surface area contributed by atoms with E-state index in [1.165, 1.54) is 30.3 Å². The number of nitrogens with two attached hydrogens (primary N) is 1. The molecule has 0 unspecified atom stereocenters. The summed E-state index contributed by atoms with van der Waals surface area (Å²) in [5.41, 5.74) is 5.81. The lowest BCUT2D eigenvalue weighted by Crippen LogP contribution is -2.08. The molecule has 5 nitrogen and oxygen atoms in total. The molecule has 0 aliphatic heterocycles. The molecule has 0 aliphatic carbocycles. The zero-order chi connectivity index (χ0) is 15.6. The third kappa shape index (κ3) is 3.12. The van der Waals surface area contributed by atoms with Crippen LogP contribution in [0.4, 0.5) is 10.1 Å². The van der Waals surface area contributed by atoms with Crippen molar-refractivity contribution in [2.45, 2.75) is 13.0 Å². The largest absolute Gasteiger partial charge is 0.445 e. The quantitative estimate of drug-likeness (QED) is 0.678. The second kappa shape index (κ2) is 6.07. The summed E-state index contributed by atoms with van der Waals surface area (Å²) in [6, 6.07) is 7.83. The number of hydrogen-bond donors (Lipinski definition) is 1. The molecule has 0 amide bonds. The molecule has 2 N–H and O–H groups in total. The molecule has 1 atom stereocenters. The van der Waals surface area contributed by atoms with Crippen LogP contribution < -0.4 is 10.5 Å². The first kappa shape index (κ1) is 15.2. The van der Waals surface area contributed by atoms with E-state index in [1.807, 2.05) is 0 Å². The van der Waals surface area contributed by atoms with E-state index in [9.17, 15) is 14.5 Å². The Morgan fingerprint density at radius 1 is 1.29 bits per heavy atom. The molecule has 110 valence electrons. The van der Waals surface area contributed by atoms with E-state index in [0.717, 1.165) is 0 Å². The van der Waals surface area contributed by atoms with Crippen molar-refractivity contribution in [2.24, 2.45) is 5.73 Å². The standard InChI is InChI=1S/C14H12ClFN2O3/c1-8(17)9-4-2-6-11(16)13(9)21-14-10(15)5-3-7-12(14)18(19)20/h2-8H,17H2,1H3/t8-/m0/s1. The Morgan fingerprint density at radius 3 is 2.57 bits per heavy atom. The topological polar surface area (TPSA) is 78.4 Å². The third-order valence-corrected chi connectivity index (χ3v) is 3.13. The highest BCUT2D eigenvalue weighted by atomic mass is 35.5. The first-order chi connectivity index (χ1) is 9.91. The molecule has 2 aromatic carbocycles. The van der Waals surface area contributed by atoms with Gasteiger partial charge in [-0.05, 0) is 19.1 Å². The number of halogens is 2. The fraction of sp³-hybridized carbons (Fsp3) is 0.143. The molecule has 2 rings (SSSR count). The lowest BCUT2D eigenvalue weighted by Gasteiger charge is -2.15. The molecule has 7 heteroatoms. The summed E-state index contributed by atoms with van der Waals surface area (Å²) in [6.07, 6.45) is 0. The maximum atomic E-state index is 14.0. The van der Waals surface area contributed by atoms with E-state index in [-0.39, 0.29) is 22.2 Å². The first-order valence-corrected chi connectivity index (χ1v) is 6.44. The Hall–Kier alpha value is -2.18. The van der Waals surface area contributed by atoms with Gasteiger partial charge in [-0.2, -0.15) is 0 Å². The minimum Gasteiger partial charge on any atom is -0.445 e. The smallest absolute Gasteiger partial charge is 0.313 e. The Morgan fingerprint density at radius 2 is 1.95 bits per heavy atom. The zero-order valence-electron chi connectivity index (χ0n) is 11.0. The van der Waals surface area contributed by atoms with Gasteiger partial charge in [0.05, 0.1) is 9.95 Å². The van der Waals surface area contributed by atoms with Crippen molar-refractivity contribution in [3.8, 4) is 11.5 Å². The minimum atomic E-state index is -0.668. The normalized spacial score (nSPS) is 12.0. The van der Waals surface area contributed by atoms with Crippen molar-refractivity contribution in [3.05, 3.63) is 62.9 Å². The number of nitrogens with zero attached hydrogens (tertiary/aromatic N) is 1. The summed E-state index contributed by atoms with van der Waals surface area (Å²) < 4.78 is 19.4. The Bertz CT molecular complexity index is 692. The average Bonchev–Trinajstić information content (AvgIpc) is 2.42. The number of hydrogen-bond acceptors (Lipinski definition) is 4. The van der Waals surface area contributed by atoms with Crippen molar-refractivity contribution in [3.63, 3.8) is 0 Å². The molecule has 0 aromatic heterocycles. The number of rotatable bonds is 4. The molecule has 0 aliphatic rings. The van der Waals surface area contributed by atoms with E-state index < -0.39 is 16.8 Å². The molecule has 21 heavy (non-hydrogen) atoms. The highest BCUT2D eigenvalue weighted by Crippen LogP contribution is 2.40. The molecule has 0 saturated carbocycles. The predicted octanol–water partition coefficient (Wildman–Crippen LogP) is 4.20. The Labute approximate surface area is 125 Å². The second-order valence-electron chi connectivity index (χ2n) is 4.39. The van der Waals surface area contributed by atoms with Crippen LogP contribution in [0.25, 0.3) is 0 Å². The summed E-state index contributed by atoms with van der Waals surface area (Å²) in [5, 5.41) is 11.0. The Balaban J connectivity index is 2.56. The van der Waals surface area contributed by atoms with Crippen LogP contribution in [0.2, 0.25) is 5.02 Å². The molecule has 0 fully saturated rings. The second-order valence-corrected chi connectivity index (χ2v) is 4.80. The lowest BCUT2D eigenvalue weighted by atomic mass is 10.1. The molecule has 0 saturated heterocycles. The number of benzene rings is 2. The zero-order valence-corrected chi connectivity index (χ0v) is 11.8. The molecule has 0 spiro atoms. The highest BCUT2D eigenvalue weighted by Gasteiger charge is 2.22. The molecular weight excluding hydrogens is 299 g/mol. The molecule has 2 aromatic rings. The van der Waals surface area contributed by atoms with Crippen molar-refractivity contribution in [1.29, 1.82) is 0 Å². The summed E-state index contributed by atoms with van der Waals surface area (Å²) >= 11 is 5.92. The minimum absolute atomic E-state index is 0.0167. The van der Waals surface area contributed by atoms with E-state index in [0.29, 0.717) is 5.56 Å². The SMILES string of the molecule is C[C@H](N)c1cccc(F)c1Oc1c(Cl)cccc1[N+](=O)[O-]. The van der Waals surface area contributed by atoms with Crippen LogP contribution in [0.15, 0.2) is 36.4 Å². The molecular formula is C14H12ClFN2O3. The monoisotopic (exact) mass is 310 g/mol. The molecule has 0 bridgehead atoms. The number of nitro groups is 1. The van der Waals surface area contributed by atoms with Gasteiger partial charge in [-0.25, -0.2) is 4.39 Å². The van der Waals surface area contributed by atoms with Gasteiger partial charge in [-0.3, -0.25) is 10.1 Å². The molecule has 0 radical (unpaired) electrons. The molecule has 0 heterocycles. The van der Waals surface area contributed by atoms with Crippen LogP contribution in [0, 0.1) is 15.9 Å². The van der Waals surface area contributed by atoms with Crippen LogP contribution >= 0.6 is 11.6 Å². The van der Waals surface area contributed by atoms with Crippen LogP contribution in [0.5, 0.6) is 11.5 Å². The number of ether oxygens (including phenoxy) is 1. The third-order valence-electron chi connectivity index (χ3n) is 2.84. The van der Waals surface area contributed by atoms with Crippen molar-refractivity contribution < 1.29 is 14.1 Å². The highest BCUT2D eigenvalue weighted by molar-refractivity contribution is 6.32. The van der Waals surface area contributed by atoms with Gasteiger partial charge in [0.15, 0.2) is 11.6 Å². The summed E-state index contributed by atoms with van der Waals surface area (Å²) in [7, 11) is 0. The van der Waals surface area contributed by atoms with Gasteiger partial charge >= 0.3 is 5.69 Å². The van der Waals surface area contributed by atoms with Crippen molar-refractivity contribution >= 4 is 17.3 Å². The fourth-order valence-corrected chi connectivity index (χ4v) is 2.04. The summed E-state index contributed by atoms with van der Waals surface area (Å²) in [4.78, 5) is 10.4. The average molecular weight is 311 g/mol. The van der Waals surface area contributed by atoms with E-state index >= 15 is 0 Å². The van der Waals surface area contributed by atoms with E-state index in [1.54, 1.807) is 13.0 Å². The van der Waals surface area contributed by atoms with Gasteiger partial charge in [-0.15, -0.1) is 0 Å². The Kier molecular flexibility index (Phi) is 4.40. The van der Waals surface area contributed by atoms with Crippen LogP contribution in [0.1, 0.15) is 18.5 Å². The van der Waals surface area contributed by atoms with E-state index in [2.05, 4.69) is 0 Å². The van der Waals surface area contributed by atoms with Gasteiger partial charge in [0.1, 0.15) is 0 Å². The maximum absolute atomic E-state index is 14.0. The maximum Gasteiger partial charge on any atom is 0.313 e. The number of nitro benzene ring substituents is 1. The lowest BCUT2D eigenvalue weighted by molar-refractivity contribution is -0.385. The van der Waals surface area contributed by atoms with Crippen molar-refractivity contribution in [2.75, 3.05) is 0 Å². The van der Waals surface area contributed by atoms with Gasteiger partial charge in [0, 0.05) is 17.7 Å². The van der Waals surface area contributed by atoms with Crippen LogP contribution in [-0.2, 0) is 0 Å². The summed E-state index contributed by atoms with van der Waals surface area (Å²) in [6.45, 7) is 1.66. The van der Waals surface area contributed by atoms with Crippen molar-refractivity contribution in [1.82, 2.24) is 0 Å². The fourth-order valence-electron chi connectivity index (χ4n) is 1.84.